The van der Waals surface area contributed by atoms with Crippen molar-refractivity contribution in [3.05, 3.63) is 24.3 Å². The summed E-state index contributed by atoms with van der Waals surface area (Å²) in [5.41, 5.74) is 0.578. The van der Waals surface area contributed by atoms with Gasteiger partial charge >= 0.3 is 5.97 Å². The molecule has 1 saturated carbocycles. The van der Waals surface area contributed by atoms with E-state index in [9.17, 15) is 9.59 Å². The van der Waals surface area contributed by atoms with Crippen molar-refractivity contribution in [2.75, 3.05) is 11.9 Å². The molecule has 1 fully saturated rings. The van der Waals surface area contributed by atoms with Crippen molar-refractivity contribution in [1.82, 2.24) is 0 Å². The number of hydrogen-bond acceptors (Lipinski definition) is 4. The Morgan fingerprint density at radius 1 is 1.43 bits per heavy atom. The van der Waals surface area contributed by atoms with Crippen LogP contribution >= 0.6 is 0 Å². The maximum Gasteiger partial charge on any atom is 0.307 e. The highest BCUT2D eigenvalue weighted by Gasteiger charge is 2.48. The van der Waals surface area contributed by atoms with Gasteiger partial charge in [-0.25, -0.2) is 0 Å². The van der Waals surface area contributed by atoms with Gasteiger partial charge in [-0.3, -0.25) is 9.59 Å². The topological polar surface area (TPSA) is 99.4 Å². The number of nitrogens with zero attached hydrogens (tertiary/aromatic N) is 1. The summed E-state index contributed by atoms with van der Waals surface area (Å²) in [6, 6.07) is 8.95. The number of unbranched alkanes of at least 4 members (excludes halogenated alkanes) is 1. The van der Waals surface area contributed by atoms with Gasteiger partial charge in [0.2, 0.25) is 5.91 Å². The molecule has 1 aliphatic rings. The molecular weight excluding hydrogens is 272 g/mol. The molecule has 0 saturated heterocycles. The summed E-state index contributed by atoms with van der Waals surface area (Å²) in [6.07, 6.45) is 1.48. The predicted molar refractivity (Wildman–Crippen MR) is 74.6 cm³/mol. The lowest BCUT2D eigenvalue weighted by molar-refractivity contribution is -0.139. The summed E-state index contributed by atoms with van der Waals surface area (Å²) in [4.78, 5) is 22.6. The number of nitriles is 1. The average molecular weight is 288 g/mol. The molecule has 0 spiro atoms. The van der Waals surface area contributed by atoms with Gasteiger partial charge in [-0.1, -0.05) is 6.07 Å². The first kappa shape index (κ1) is 14.9. The van der Waals surface area contributed by atoms with Gasteiger partial charge in [0.05, 0.1) is 24.5 Å². The molecule has 21 heavy (non-hydrogen) atoms. The van der Waals surface area contributed by atoms with E-state index in [4.69, 9.17) is 15.1 Å². The first-order chi connectivity index (χ1) is 10.1. The van der Waals surface area contributed by atoms with Gasteiger partial charge in [-0.05, 0) is 25.0 Å². The standard InChI is InChI=1S/C15H16N2O4/c16-6-1-2-7-21-11-5-3-4-10(8-11)17-14(18)12-9-13(12)15(19)20/h3-5,8,12-13H,1-2,7,9H2,(H,17,18)(H,19,20). The van der Waals surface area contributed by atoms with Gasteiger partial charge < -0.3 is 15.2 Å². The minimum Gasteiger partial charge on any atom is -0.493 e. The molecule has 6 nitrogen and oxygen atoms in total. The van der Waals surface area contributed by atoms with Gasteiger partial charge in [-0.15, -0.1) is 0 Å². The molecule has 0 heterocycles. The van der Waals surface area contributed by atoms with E-state index in [1.807, 2.05) is 6.07 Å². The molecular formula is C15H16N2O4. The molecule has 1 aliphatic carbocycles. The van der Waals surface area contributed by atoms with Crippen molar-refractivity contribution in [2.45, 2.75) is 19.3 Å². The Morgan fingerprint density at radius 2 is 2.24 bits per heavy atom. The molecule has 2 atom stereocenters. The molecule has 2 unspecified atom stereocenters. The summed E-state index contributed by atoms with van der Waals surface area (Å²) in [7, 11) is 0. The number of ether oxygens (including phenoxy) is 1. The molecule has 1 aromatic rings. The Balaban J connectivity index is 1.85. The van der Waals surface area contributed by atoms with Gasteiger partial charge in [-0.2, -0.15) is 5.26 Å². The lowest BCUT2D eigenvalue weighted by Crippen LogP contribution is -2.16. The van der Waals surface area contributed by atoms with E-state index in [0.717, 1.165) is 0 Å². The van der Waals surface area contributed by atoms with Gasteiger partial charge in [0, 0.05) is 18.2 Å². The third-order valence-electron chi connectivity index (χ3n) is 3.25. The molecule has 110 valence electrons. The largest absolute Gasteiger partial charge is 0.493 e. The van der Waals surface area contributed by atoms with Gasteiger partial charge in [0.1, 0.15) is 5.75 Å². The summed E-state index contributed by atoms with van der Waals surface area (Å²) < 4.78 is 5.47. The zero-order valence-corrected chi connectivity index (χ0v) is 11.4. The van der Waals surface area contributed by atoms with Crippen molar-refractivity contribution in [2.24, 2.45) is 11.8 Å². The number of hydrogen-bond donors (Lipinski definition) is 2. The van der Waals surface area contributed by atoms with Crippen LogP contribution in [-0.2, 0) is 9.59 Å². The Hall–Kier alpha value is -2.55. The number of carbonyl (C=O) groups excluding carboxylic acids is 1. The highest BCUT2D eigenvalue weighted by Crippen LogP contribution is 2.39. The molecule has 6 heteroatoms. The minimum atomic E-state index is -0.926. The molecule has 1 aromatic carbocycles. The van der Waals surface area contributed by atoms with Crippen LogP contribution in [0.25, 0.3) is 0 Å². The number of rotatable bonds is 7. The molecule has 0 radical (unpaired) electrons. The van der Waals surface area contributed by atoms with Crippen molar-refractivity contribution < 1.29 is 19.4 Å². The third kappa shape index (κ3) is 4.21. The SMILES string of the molecule is N#CCCCOc1cccc(NC(=O)C2CC2C(=O)O)c1. The second-order valence-corrected chi connectivity index (χ2v) is 4.91. The number of carboxylic acid groups (broad SMARTS) is 1. The third-order valence-corrected chi connectivity index (χ3v) is 3.25. The second kappa shape index (κ2) is 6.75. The van der Waals surface area contributed by atoms with Crippen LogP contribution < -0.4 is 10.1 Å². The summed E-state index contributed by atoms with van der Waals surface area (Å²) >= 11 is 0. The van der Waals surface area contributed by atoms with Crippen LogP contribution in [0.1, 0.15) is 19.3 Å². The van der Waals surface area contributed by atoms with Crippen LogP contribution in [0.15, 0.2) is 24.3 Å². The number of anilines is 1. The molecule has 2 rings (SSSR count). The molecule has 2 N–H and O–H groups in total. The Morgan fingerprint density at radius 3 is 2.90 bits per heavy atom. The average Bonchev–Trinajstić information content (AvgIpc) is 3.25. The number of carbonyl (C=O) groups is 2. The fourth-order valence-electron chi connectivity index (χ4n) is 2.00. The normalized spacial score (nSPS) is 19.4. The van der Waals surface area contributed by atoms with E-state index in [-0.39, 0.29) is 5.91 Å². The van der Waals surface area contributed by atoms with Crippen molar-refractivity contribution in [3.63, 3.8) is 0 Å². The quantitative estimate of drug-likeness (QED) is 0.748. The lowest BCUT2D eigenvalue weighted by atomic mass is 10.2. The first-order valence-corrected chi connectivity index (χ1v) is 6.75. The van der Waals surface area contributed by atoms with Crippen molar-refractivity contribution >= 4 is 17.6 Å². The van der Waals surface area contributed by atoms with Crippen molar-refractivity contribution in [3.8, 4) is 11.8 Å². The van der Waals surface area contributed by atoms with Gasteiger partial charge in [0.15, 0.2) is 0 Å². The number of nitrogens with one attached hydrogen (secondary N) is 1. The maximum atomic E-state index is 11.8. The molecule has 0 aromatic heterocycles. The fourth-order valence-corrected chi connectivity index (χ4v) is 2.00. The van der Waals surface area contributed by atoms with Crippen molar-refractivity contribution in [1.29, 1.82) is 5.26 Å². The molecule has 0 bridgehead atoms. The number of carboxylic acids is 1. The zero-order valence-electron chi connectivity index (χ0n) is 11.4. The molecule has 0 aliphatic heterocycles. The van der Waals surface area contributed by atoms with E-state index < -0.39 is 17.8 Å². The Bertz CT molecular complexity index is 579. The monoisotopic (exact) mass is 288 g/mol. The van der Waals surface area contributed by atoms with Crippen LogP contribution in [0, 0.1) is 23.2 Å². The van der Waals surface area contributed by atoms with Crippen LogP contribution in [0.4, 0.5) is 5.69 Å². The minimum absolute atomic E-state index is 0.274. The highest BCUT2D eigenvalue weighted by molar-refractivity contribution is 5.98. The zero-order chi connectivity index (χ0) is 15.2. The van der Waals surface area contributed by atoms with E-state index >= 15 is 0 Å². The smallest absolute Gasteiger partial charge is 0.307 e. The van der Waals surface area contributed by atoms with E-state index in [1.54, 1.807) is 24.3 Å². The van der Waals surface area contributed by atoms with Crippen LogP contribution in [0.2, 0.25) is 0 Å². The maximum absolute atomic E-state index is 11.8. The molecule has 1 amide bonds. The summed E-state index contributed by atoms with van der Waals surface area (Å²) in [5, 5.41) is 19.9. The predicted octanol–water partition coefficient (Wildman–Crippen LogP) is 2.03. The fraction of sp³-hybridized carbons (Fsp3) is 0.400. The van der Waals surface area contributed by atoms with Gasteiger partial charge in [0.25, 0.3) is 0 Å². The first-order valence-electron chi connectivity index (χ1n) is 6.75. The number of amides is 1. The van der Waals surface area contributed by atoms with E-state index in [2.05, 4.69) is 5.32 Å². The number of aliphatic carboxylic acids is 1. The van der Waals surface area contributed by atoms with Crippen LogP contribution in [0.5, 0.6) is 5.75 Å². The number of benzene rings is 1. The van der Waals surface area contributed by atoms with Crippen LogP contribution in [0.3, 0.4) is 0 Å². The second-order valence-electron chi connectivity index (χ2n) is 4.91. The van der Waals surface area contributed by atoms with E-state index in [0.29, 0.717) is 37.3 Å². The Labute approximate surface area is 122 Å². The highest BCUT2D eigenvalue weighted by atomic mass is 16.5. The summed E-state index contributed by atoms with van der Waals surface area (Å²) in [6.45, 7) is 0.439. The Kier molecular flexibility index (Phi) is 4.77. The van der Waals surface area contributed by atoms with Crippen LogP contribution in [-0.4, -0.2) is 23.6 Å². The van der Waals surface area contributed by atoms with E-state index in [1.165, 1.54) is 0 Å². The lowest BCUT2D eigenvalue weighted by Gasteiger charge is -2.08. The summed E-state index contributed by atoms with van der Waals surface area (Å²) in [5.74, 6) is -1.59.